The molecular formula is C23H35Cl2N5. The van der Waals surface area contributed by atoms with E-state index in [-0.39, 0.29) is 12.1 Å². The first-order valence-corrected chi connectivity index (χ1v) is 12.4. The van der Waals surface area contributed by atoms with Gasteiger partial charge in [0, 0.05) is 43.3 Å². The number of piperazine rings is 1. The fraction of sp³-hybridized carbons (Fsp3) is 0.696. The fourth-order valence-corrected chi connectivity index (χ4v) is 5.56. The maximum absolute atomic E-state index is 6.46. The average molecular weight is 452 g/mol. The number of nitrogens with zero attached hydrogens (tertiary/aromatic N) is 3. The molecule has 3 fully saturated rings. The molecule has 3 N–H and O–H groups in total. The number of aliphatic imine (C=N–C) groups is 1. The van der Waals surface area contributed by atoms with Gasteiger partial charge in [-0.1, -0.05) is 55.3 Å². The van der Waals surface area contributed by atoms with Gasteiger partial charge in [-0.2, -0.15) is 0 Å². The summed E-state index contributed by atoms with van der Waals surface area (Å²) in [5, 5.41) is 4.77. The van der Waals surface area contributed by atoms with Gasteiger partial charge in [0.15, 0.2) is 5.96 Å². The van der Waals surface area contributed by atoms with E-state index in [9.17, 15) is 0 Å². The molecule has 166 valence electrons. The lowest BCUT2D eigenvalue weighted by Crippen LogP contribution is -2.54. The Kier molecular flexibility index (Phi) is 7.79. The van der Waals surface area contributed by atoms with Crippen LogP contribution in [-0.4, -0.2) is 60.1 Å². The molecule has 0 aromatic heterocycles. The van der Waals surface area contributed by atoms with E-state index in [4.69, 9.17) is 33.9 Å². The Balaban J connectivity index is 1.48. The average Bonchev–Trinajstić information content (AvgIpc) is 2.77. The first-order chi connectivity index (χ1) is 14.6. The Morgan fingerprint density at radius 2 is 1.63 bits per heavy atom. The zero-order valence-corrected chi connectivity index (χ0v) is 19.3. The Labute approximate surface area is 191 Å². The van der Waals surface area contributed by atoms with E-state index in [0.29, 0.717) is 10.0 Å². The molecule has 1 aliphatic heterocycles. The fourth-order valence-electron chi connectivity index (χ4n) is 5.11. The van der Waals surface area contributed by atoms with Crippen LogP contribution in [0.1, 0.15) is 57.8 Å². The van der Waals surface area contributed by atoms with Gasteiger partial charge in [0.2, 0.25) is 0 Å². The predicted octanol–water partition coefficient (Wildman–Crippen LogP) is 4.98. The minimum absolute atomic E-state index is 0.139. The molecule has 1 heterocycles. The standard InChI is InChI=1S/C23H35Cl2N5/c24-17-10-11-21(19(25)16-17)27-23(28-22-9-5-4-8-20(22)26)30-14-12-29(13-15-30)18-6-2-1-3-7-18/h10-11,16,18,20,22H,1-9,12-15,26H2,(H,27,28)/t20-,22-/m0/s1. The molecule has 0 spiro atoms. The molecule has 0 radical (unpaired) electrons. The van der Waals surface area contributed by atoms with Crippen molar-refractivity contribution in [2.24, 2.45) is 10.7 Å². The van der Waals surface area contributed by atoms with E-state index in [1.807, 2.05) is 12.1 Å². The van der Waals surface area contributed by atoms with Gasteiger partial charge < -0.3 is 16.0 Å². The maximum atomic E-state index is 6.46. The van der Waals surface area contributed by atoms with Crippen molar-refractivity contribution in [2.75, 3.05) is 31.5 Å². The van der Waals surface area contributed by atoms with Crippen molar-refractivity contribution in [3.63, 3.8) is 0 Å². The highest BCUT2D eigenvalue weighted by Crippen LogP contribution is 2.28. The Morgan fingerprint density at radius 1 is 0.933 bits per heavy atom. The summed E-state index contributed by atoms with van der Waals surface area (Å²) in [6.07, 6.45) is 11.4. The third-order valence-corrected chi connectivity index (χ3v) is 7.50. The van der Waals surface area contributed by atoms with Crippen LogP contribution in [-0.2, 0) is 0 Å². The number of nitrogens with one attached hydrogen (secondary N) is 1. The van der Waals surface area contributed by atoms with Gasteiger partial charge in [0.1, 0.15) is 0 Å². The lowest BCUT2D eigenvalue weighted by Gasteiger charge is -2.42. The summed E-state index contributed by atoms with van der Waals surface area (Å²) in [7, 11) is 0. The molecule has 5 nitrogen and oxygen atoms in total. The van der Waals surface area contributed by atoms with Gasteiger partial charge in [-0.15, -0.1) is 0 Å². The SMILES string of the molecule is N[C@H]1CCCC[C@@H]1N=C(Nc1ccc(Cl)cc1Cl)N1CCN(C2CCCCC2)CC1. The van der Waals surface area contributed by atoms with Crippen LogP contribution in [0.5, 0.6) is 0 Å². The van der Waals surface area contributed by atoms with E-state index in [1.165, 1.54) is 44.9 Å². The van der Waals surface area contributed by atoms with E-state index >= 15 is 0 Å². The number of benzene rings is 1. The van der Waals surface area contributed by atoms with Crippen LogP contribution in [0.4, 0.5) is 5.69 Å². The summed E-state index contributed by atoms with van der Waals surface area (Å²) in [4.78, 5) is 10.2. The van der Waals surface area contributed by atoms with Crippen molar-refractivity contribution in [1.82, 2.24) is 9.80 Å². The van der Waals surface area contributed by atoms with Crippen LogP contribution >= 0.6 is 23.2 Å². The van der Waals surface area contributed by atoms with Crippen LogP contribution in [0.25, 0.3) is 0 Å². The molecule has 2 atom stereocenters. The highest BCUT2D eigenvalue weighted by molar-refractivity contribution is 6.36. The Bertz CT molecular complexity index is 726. The lowest BCUT2D eigenvalue weighted by molar-refractivity contribution is 0.107. The van der Waals surface area contributed by atoms with Crippen molar-refractivity contribution in [3.8, 4) is 0 Å². The first kappa shape index (κ1) is 22.2. The third-order valence-electron chi connectivity index (χ3n) is 6.95. The van der Waals surface area contributed by atoms with Gasteiger partial charge in [-0.25, -0.2) is 4.99 Å². The summed E-state index contributed by atoms with van der Waals surface area (Å²) in [5.41, 5.74) is 7.26. The van der Waals surface area contributed by atoms with Gasteiger partial charge in [0.25, 0.3) is 0 Å². The molecule has 1 aromatic carbocycles. The normalized spacial score (nSPS) is 27.3. The topological polar surface area (TPSA) is 56.9 Å². The second-order valence-corrected chi connectivity index (χ2v) is 9.88. The number of guanidine groups is 1. The smallest absolute Gasteiger partial charge is 0.198 e. The Morgan fingerprint density at radius 3 is 2.33 bits per heavy atom. The summed E-state index contributed by atoms with van der Waals surface area (Å²) in [6.45, 7) is 4.15. The Hall–Kier alpha value is -1.01. The van der Waals surface area contributed by atoms with Crippen molar-refractivity contribution in [2.45, 2.75) is 75.9 Å². The van der Waals surface area contributed by atoms with E-state index in [1.54, 1.807) is 6.07 Å². The summed E-state index contributed by atoms with van der Waals surface area (Å²) in [5.74, 6) is 0.907. The number of hydrogen-bond donors (Lipinski definition) is 2. The molecule has 1 saturated heterocycles. The molecule has 1 aromatic rings. The molecule has 4 rings (SSSR count). The first-order valence-electron chi connectivity index (χ1n) is 11.6. The summed E-state index contributed by atoms with van der Waals surface area (Å²) < 4.78 is 0. The van der Waals surface area contributed by atoms with Gasteiger partial charge in [-0.05, 0) is 43.9 Å². The lowest BCUT2D eigenvalue weighted by atomic mass is 9.91. The van der Waals surface area contributed by atoms with Crippen LogP contribution < -0.4 is 11.1 Å². The zero-order chi connectivity index (χ0) is 20.9. The molecular weight excluding hydrogens is 417 g/mol. The largest absolute Gasteiger partial charge is 0.340 e. The quantitative estimate of drug-likeness (QED) is 0.502. The van der Waals surface area contributed by atoms with E-state index < -0.39 is 0 Å². The number of halogens is 2. The van der Waals surface area contributed by atoms with Gasteiger partial charge in [0.05, 0.1) is 16.8 Å². The maximum Gasteiger partial charge on any atom is 0.198 e. The van der Waals surface area contributed by atoms with E-state index in [0.717, 1.165) is 56.7 Å². The van der Waals surface area contributed by atoms with Crippen molar-refractivity contribution < 1.29 is 0 Å². The molecule has 0 amide bonds. The highest BCUT2D eigenvalue weighted by Gasteiger charge is 2.28. The van der Waals surface area contributed by atoms with Crippen LogP contribution in [0.15, 0.2) is 23.2 Å². The molecule has 0 bridgehead atoms. The molecule has 7 heteroatoms. The summed E-state index contributed by atoms with van der Waals surface area (Å²) in [6, 6.07) is 6.64. The number of anilines is 1. The minimum Gasteiger partial charge on any atom is -0.340 e. The van der Waals surface area contributed by atoms with Crippen LogP contribution in [0.2, 0.25) is 10.0 Å². The third kappa shape index (κ3) is 5.61. The number of nitrogens with two attached hydrogens (primary N) is 1. The molecule has 30 heavy (non-hydrogen) atoms. The van der Waals surface area contributed by atoms with Crippen molar-refractivity contribution >= 4 is 34.8 Å². The summed E-state index contributed by atoms with van der Waals surface area (Å²) >= 11 is 12.5. The van der Waals surface area contributed by atoms with Crippen molar-refractivity contribution in [1.29, 1.82) is 0 Å². The number of rotatable bonds is 3. The van der Waals surface area contributed by atoms with E-state index in [2.05, 4.69) is 15.1 Å². The monoisotopic (exact) mass is 451 g/mol. The molecule has 2 saturated carbocycles. The van der Waals surface area contributed by atoms with Gasteiger partial charge in [-0.3, -0.25) is 4.90 Å². The molecule has 2 aliphatic carbocycles. The minimum atomic E-state index is 0.139. The number of hydrogen-bond acceptors (Lipinski definition) is 3. The second-order valence-electron chi connectivity index (χ2n) is 9.03. The van der Waals surface area contributed by atoms with Crippen LogP contribution in [0, 0.1) is 0 Å². The second kappa shape index (κ2) is 10.5. The van der Waals surface area contributed by atoms with Crippen LogP contribution in [0.3, 0.4) is 0 Å². The molecule has 3 aliphatic rings. The van der Waals surface area contributed by atoms with Crippen molar-refractivity contribution in [3.05, 3.63) is 28.2 Å². The zero-order valence-electron chi connectivity index (χ0n) is 17.8. The predicted molar refractivity (Wildman–Crippen MR) is 128 cm³/mol. The molecule has 0 unspecified atom stereocenters. The highest BCUT2D eigenvalue weighted by atomic mass is 35.5. The van der Waals surface area contributed by atoms with Gasteiger partial charge >= 0.3 is 0 Å².